The van der Waals surface area contributed by atoms with Crippen LogP contribution in [0.25, 0.3) is 0 Å². The Morgan fingerprint density at radius 1 is 1.00 bits per heavy atom. The molecule has 2 aromatic carbocycles. The van der Waals surface area contributed by atoms with E-state index in [2.05, 4.69) is 5.32 Å². The fraction of sp³-hybridized carbons (Fsp3) is 0.480. The lowest BCUT2D eigenvalue weighted by Gasteiger charge is -2.30. The highest BCUT2D eigenvalue weighted by atomic mass is 32.2. The van der Waals surface area contributed by atoms with Crippen LogP contribution in [0.5, 0.6) is 5.75 Å². The molecule has 0 atom stereocenters. The van der Waals surface area contributed by atoms with Crippen LogP contribution in [0, 0.1) is 12.8 Å². The van der Waals surface area contributed by atoms with Gasteiger partial charge in [-0.05, 0) is 43.5 Å². The molecule has 37 heavy (non-hydrogen) atoms. The maximum atomic E-state index is 13.2. The van der Waals surface area contributed by atoms with Crippen LogP contribution in [0.1, 0.15) is 24.0 Å². The average Bonchev–Trinajstić information content (AvgIpc) is 2.89. The number of carbonyl (C=O) groups excluding carboxylic acids is 1. The molecule has 4 rings (SSSR count). The first-order valence-electron chi connectivity index (χ1n) is 12.2. The number of amides is 1. The number of nitrogens with one attached hydrogen (secondary N) is 1. The number of carbonyl (C=O) groups is 1. The van der Waals surface area contributed by atoms with E-state index >= 15 is 0 Å². The summed E-state index contributed by atoms with van der Waals surface area (Å²) >= 11 is 0. The van der Waals surface area contributed by atoms with Gasteiger partial charge in [0.1, 0.15) is 10.6 Å². The molecule has 0 bridgehead atoms. The molecule has 1 amide bonds. The summed E-state index contributed by atoms with van der Waals surface area (Å²) in [6.07, 6.45) is 0.766. The number of benzene rings is 2. The van der Waals surface area contributed by atoms with Gasteiger partial charge >= 0.3 is 0 Å². The zero-order valence-electron chi connectivity index (χ0n) is 21.1. The van der Waals surface area contributed by atoms with E-state index in [9.17, 15) is 21.6 Å². The molecule has 1 N–H and O–H groups in total. The van der Waals surface area contributed by atoms with Gasteiger partial charge in [-0.25, -0.2) is 21.1 Å². The smallest absolute Gasteiger partial charge is 0.246 e. The highest BCUT2D eigenvalue weighted by Crippen LogP contribution is 2.31. The van der Waals surface area contributed by atoms with Crippen molar-refractivity contribution in [2.75, 3.05) is 51.8 Å². The zero-order chi connectivity index (χ0) is 26.6. The number of rotatable bonds is 8. The average molecular weight is 552 g/mol. The molecular weight excluding hydrogens is 518 g/mol. The molecule has 2 aromatic rings. The first-order chi connectivity index (χ1) is 17.6. The summed E-state index contributed by atoms with van der Waals surface area (Å²) in [4.78, 5) is 13.0. The molecule has 0 aliphatic carbocycles. The summed E-state index contributed by atoms with van der Waals surface area (Å²) in [5.74, 6) is -0.531. The van der Waals surface area contributed by atoms with Crippen molar-refractivity contribution in [3.8, 4) is 5.75 Å². The lowest BCUT2D eigenvalue weighted by atomic mass is 9.97. The molecule has 202 valence electrons. The number of nitrogens with zero attached hydrogens (tertiary/aromatic N) is 2. The molecule has 2 heterocycles. The van der Waals surface area contributed by atoms with E-state index in [4.69, 9.17) is 9.47 Å². The van der Waals surface area contributed by atoms with Gasteiger partial charge in [-0.3, -0.25) is 4.79 Å². The maximum absolute atomic E-state index is 13.2. The Kier molecular flexibility index (Phi) is 8.54. The number of piperidine rings is 1. The molecule has 2 saturated heterocycles. The lowest BCUT2D eigenvalue weighted by molar-refractivity contribution is -0.120. The van der Waals surface area contributed by atoms with Crippen LogP contribution in [0.2, 0.25) is 0 Å². The summed E-state index contributed by atoms with van der Waals surface area (Å²) < 4.78 is 65.5. The molecule has 2 aliphatic heterocycles. The Balaban J connectivity index is 1.40. The summed E-state index contributed by atoms with van der Waals surface area (Å²) in [6.45, 7) is 3.55. The molecular formula is C25H33N3O7S2. The van der Waals surface area contributed by atoms with E-state index in [1.54, 1.807) is 12.1 Å². The van der Waals surface area contributed by atoms with Gasteiger partial charge in [0.2, 0.25) is 26.0 Å². The Labute approximate surface area is 218 Å². The van der Waals surface area contributed by atoms with Crippen LogP contribution >= 0.6 is 0 Å². The van der Waals surface area contributed by atoms with Crippen molar-refractivity contribution in [3.05, 3.63) is 53.6 Å². The van der Waals surface area contributed by atoms with E-state index in [1.807, 2.05) is 25.1 Å². The van der Waals surface area contributed by atoms with Gasteiger partial charge in [0.05, 0.1) is 26.1 Å². The van der Waals surface area contributed by atoms with Gasteiger partial charge in [-0.1, -0.05) is 29.8 Å². The van der Waals surface area contributed by atoms with Gasteiger partial charge in [0.15, 0.2) is 0 Å². The molecule has 10 nitrogen and oxygen atoms in total. The second-order valence-corrected chi connectivity index (χ2v) is 13.2. The molecule has 0 unspecified atom stereocenters. The van der Waals surface area contributed by atoms with Gasteiger partial charge in [-0.15, -0.1) is 0 Å². The fourth-order valence-electron chi connectivity index (χ4n) is 4.63. The number of morpholine rings is 1. The Bertz CT molecular complexity index is 1330. The van der Waals surface area contributed by atoms with Crippen LogP contribution in [-0.2, 0) is 35.3 Å². The lowest BCUT2D eigenvalue weighted by Crippen LogP contribution is -2.42. The molecule has 0 aromatic heterocycles. The van der Waals surface area contributed by atoms with Crippen molar-refractivity contribution >= 4 is 31.6 Å². The van der Waals surface area contributed by atoms with Crippen LogP contribution in [0.4, 0.5) is 5.69 Å². The number of hydrogen-bond acceptors (Lipinski definition) is 7. The Morgan fingerprint density at radius 2 is 1.70 bits per heavy atom. The molecule has 12 heteroatoms. The van der Waals surface area contributed by atoms with Crippen molar-refractivity contribution in [3.63, 3.8) is 0 Å². The first kappa shape index (κ1) is 27.5. The first-order valence-corrected chi connectivity index (χ1v) is 15.3. The van der Waals surface area contributed by atoms with E-state index in [0.29, 0.717) is 31.7 Å². The van der Waals surface area contributed by atoms with Gasteiger partial charge in [0, 0.05) is 37.8 Å². The number of anilines is 1. The Morgan fingerprint density at radius 3 is 2.35 bits per heavy atom. The van der Waals surface area contributed by atoms with E-state index < -0.39 is 20.0 Å². The topological polar surface area (TPSA) is 122 Å². The maximum Gasteiger partial charge on any atom is 0.246 e. The summed E-state index contributed by atoms with van der Waals surface area (Å²) in [5, 5.41) is 2.81. The number of ether oxygens (including phenoxy) is 2. The third-order valence-corrected chi connectivity index (χ3v) is 10.4. The SMILES string of the molecule is COc1ccc(NC(=O)C2CCN(S(=O)(=O)Cc3cccc(C)c3)CC2)cc1S(=O)(=O)N1CCOCC1. The van der Waals surface area contributed by atoms with Crippen molar-refractivity contribution in [1.29, 1.82) is 0 Å². The second kappa shape index (κ2) is 11.5. The minimum absolute atomic E-state index is 0.0215. The minimum Gasteiger partial charge on any atom is -0.495 e. The molecule has 0 spiro atoms. The standard InChI is InChI=1S/C25H33N3O7S2/c1-19-4-3-5-20(16-19)18-36(30,31)27-10-8-21(9-11-27)25(29)26-22-6-7-23(34-2)24(17-22)37(32,33)28-12-14-35-15-13-28/h3-7,16-17,21H,8-15,18H2,1-2H3,(H,26,29). The van der Waals surface area contributed by atoms with Crippen molar-refractivity contribution in [2.24, 2.45) is 5.92 Å². The third kappa shape index (κ3) is 6.50. The zero-order valence-corrected chi connectivity index (χ0v) is 22.7. The predicted molar refractivity (Wildman–Crippen MR) is 139 cm³/mol. The highest BCUT2D eigenvalue weighted by Gasteiger charge is 2.32. The van der Waals surface area contributed by atoms with Crippen LogP contribution in [0.3, 0.4) is 0 Å². The normalized spacial score (nSPS) is 18.4. The van der Waals surface area contributed by atoms with Crippen LogP contribution < -0.4 is 10.1 Å². The van der Waals surface area contributed by atoms with Gasteiger partial charge in [-0.2, -0.15) is 4.31 Å². The number of aryl methyl sites for hydroxylation is 1. The third-order valence-electron chi connectivity index (χ3n) is 6.67. The predicted octanol–water partition coefficient (Wildman–Crippen LogP) is 2.21. The molecule has 2 aliphatic rings. The summed E-state index contributed by atoms with van der Waals surface area (Å²) in [6, 6.07) is 11.9. The fourth-order valence-corrected chi connectivity index (χ4v) is 7.77. The quantitative estimate of drug-likeness (QED) is 0.534. The Hall–Kier alpha value is -2.51. The number of hydrogen-bond donors (Lipinski definition) is 1. The monoisotopic (exact) mass is 551 g/mol. The van der Waals surface area contributed by atoms with Gasteiger partial charge in [0.25, 0.3) is 0 Å². The highest BCUT2D eigenvalue weighted by molar-refractivity contribution is 7.89. The molecule has 0 radical (unpaired) electrons. The van der Waals surface area contributed by atoms with E-state index in [0.717, 1.165) is 11.1 Å². The van der Waals surface area contributed by atoms with Crippen LogP contribution in [-0.4, -0.2) is 77.9 Å². The van der Waals surface area contributed by atoms with Gasteiger partial charge < -0.3 is 14.8 Å². The molecule has 2 fully saturated rings. The van der Waals surface area contributed by atoms with E-state index in [1.165, 1.54) is 27.9 Å². The van der Waals surface area contributed by atoms with Crippen molar-refractivity contribution in [1.82, 2.24) is 8.61 Å². The molecule has 0 saturated carbocycles. The summed E-state index contributed by atoms with van der Waals surface area (Å²) in [7, 11) is -5.94. The summed E-state index contributed by atoms with van der Waals surface area (Å²) in [5.41, 5.74) is 2.08. The van der Waals surface area contributed by atoms with E-state index in [-0.39, 0.29) is 54.4 Å². The second-order valence-electron chi connectivity index (χ2n) is 9.29. The van der Waals surface area contributed by atoms with Crippen molar-refractivity contribution in [2.45, 2.75) is 30.4 Å². The van der Waals surface area contributed by atoms with Crippen LogP contribution in [0.15, 0.2) is 47.4 Å². The number of methoxy groups -OCH3 is 1. The largest absolute Gasteiger partial charge is 0.495 e. The number of sulfonamides is 2. The van der Waals surface area contributed by atoms with Crippen molar-refractivity contribution < 1.29 is 31.1 Å². The minimum atomic E-state index is -3.84.